The third-order valence-corrected chi connectivity index (χ3v) is 2.00. The van der Waals surface area contributed by atoms with Gasteiger partial charge in [0, 0.05) is 6.08 Å². The first kappa shape index (κ1) is 9.77. The number of primary amides is 1. The first-order chi connectivity index (χ1) is 5.96. The van der Waals surface area contributed by atoms with Gasteiger partial charge in [0.15, 0.2) is 0 Å². The number of hydrogen-bond donors (Lipinski definition) is 2. The Labute approximate surface area is 77.2 Å². The monoisotopic (exact) mass is 182 g/mol. The molecular formula is C9H14N2O2. The van der Waals surface area contributed by atoms with E-state index in [9.17, 15) is 9.59 Å². The van der Waals surface area contributed by atoms with Gasteiger partial charge >= 0.3 is 0 Å². The van der Waals surface area contributed by atoms with E-state index < -0.39 is 11.4 Å². The van der Waals surface area contributed by atoms with Gasteiger partial charge in [-0.1, -0.05) is 5.57 Å². The first-order valence-corrected chi connectivity index (χ1v) is 4.23. The van der Waals surface area contributed by atoms with Gasteiger partial charge in [-0.05, 0) is 26.7 Å². The number of carbonyl (C=O) groups is 2. The van der Waals surface area contributed by atoms with Gasteiger partial charge in [0.25, 0.3) is 0 Å². The molecule has 0 saturated heterocycles. The third kappa shape index (κ3) is 2.31. The standard InChI is InChI=1S/C9H14N2O2/c1-6(2)5-7(12)11-9(3-4-9)8(10)13/h5H,3-4H2,1-2H3,(H2,10,13)(H,11,12). The van der Waals surface area contributed by atoms with Gasteiger partial charge in [-0.3, -0.25) is 9.59 Å². The highest BCUT2D eigenvalue weighted by atomic mass is 16.2. The van der Waals surface area contributed by atoms with E-state index >= 15 is 0 Å². The summed E-state index contributed by atoms with van der Waals surface area (Å²) >= 11 is 0. The molecule has 0 aliphatic heterocycles. The van der Waals surface area contributed by atoms with Crippen molar-refractivity contribution in [3.8, 4) is 0 Å². The normalized spacial score (nSPS) is 17.4. The van der Waals surface area contributed by atoms with Crippen LogP contribution in [0.15, 0.2) is 11.6 Å². The van der Waals surface area contributed by atoms with E-state index in [1.54, 1.807) is 0 Å². The maximum atomic E-state index is 11.2. The van der Waals surface area contributed by atoms with Crippen LogP contribution in [-0.4, -0.2) is 17.4 Å². The molecule has 0 bridgehead atoms. The second kappa shape index (κ2) is 3.20. The van der Waals surface area contributed by atoms with Gasteiger partial charge in [0.1, 0.15) is 5.54 Å². The summed E-state index contributed by atoms with van der Waals surface area (Å²) < 4.78 is 0. The van der Waals surface area contributed by atoms with Crippen molar-refractivity contribution < 1.29 is 9.59 Å². The highest BCUT2D eigenvalue weighted by Gasteiger charge is 2.49. The second-order valence-corrected chi connectivity index (χ2v) is 3.66. The predicted octanol–water partition coefficient (Wildman–Crippen LogP) is 0.0867. The number of carbonyl (C=O) groups excluding carboxylic acids is 2. The van der Waals surface area contributed by atoms with Crippen LogP contribution in [0.4, 0.5) is 0 Å². The Morgan fingerprint density at radius 2 is 1.92 bits per heavy atom. The fourth-order valence-electron chi connectivity index (χ4n) is 1.09. The minimum atomic E-state index is -0.747. The molecule has 0 aromatic carbocycles. The Morgan fingerprint density at radius 3 is 2.23 bits per heavy atom. The summed E-state index contributed by atoms with van der Waals surface area (Å²) in [5, 5.41) is 2.61. The summed E-state index contributed by atoms with van der Waals surface area (Å²) in [6.07, 6.45) is 2.78. The van der Waals surface area contributed by atoms with Crippen LogP contribution in [0.5, 0.6) is 0 Å². The van der Waals surface area contributed by atoms with Gasteiger partial charge < -0.3 is 11.1 Å². The lowest BCUT2D eigenvalue weighted by atomic mass is 10.2. The Balaban J connectivity index is 2.55. The van der Waals surface area contributed by atoms with Gasteiger partial charge in [0.05, 0.1) is 0 Å². The van der Waals surface area contributed by atoms with Crippen LogP contribution >= 0.6 is 0 Å². The lowest BCUT2D eigenvalue weighted by Gasteiger charge is -2.11. The van der Waals surface area contributed by atoms with E-state index in [0.717, 1.165) is 5.57 Å². The maximum Gasteiger partial charge on any atom is 0.244 e. The molecule has 2 amide bonds. The Hall–Kier alpha value is -1.32. The largest absolute Gasteiger partial charge is 0.368 e. The van der Waals surface area contributed by atoms with Crippen LogP contribution in [0.1, 0.15) is 26.7 Å². The summed E-state index contributed by atoms with van der Waals surface area (Å²) in [5.74, 6) is -0.681. The van der Waals surface area contributed by atoms with Gasteiger partial charge in [0.2, 0.25) is 11.8 Å². The van der Waals surface area contributed by atoms with Crippen molar-refractivity contribution in [1.82, 2.24) is 5.32 Å². The van der Waals surface area contributed by atoms with Crippen molar-refractivity contribution in [2.24, 2.45) is 5.73 Å². The molecule has 0 spiro atoms. The van der Waals surface area contributed by atoms with E-state index in [4.69, 9.17) is 5.73 Å². The molecule has 0 aromatic heterocycles. The van der Waals surface area contributed by atoms with Crippen LogP contribution in [0.25, 0.3) is 0 Å². The maximum absolute atomic E-state index is 11.2. The molecule has 1 aliphatic carbocycles. The van der Waals surface area contributed by atoms with Crippen LogP contribution in [0, 0.1) is 0 Å². The van der Waals surface area contributed by atoms with Crippen molar-refractivity contribution in [1.29, 1.82) is 0 Å². The van der Waals surface area contributed by atoms with Crippen molar-refractivity contribution in [2.45, 2.75) is 32.2 Å². The van der Waals surface area contributed by atoms with Gasteiger partial charge in [-0.25, -0.2) is 0 Å². The molecular weight excluding hydrogens is 168 g/mol. The topological polar surface area (TPSA) is 72.2 Å². The molecule has 0 radical (unpaired) electrons. The molecule has 72 valence electrons. The van der Waals surface area contributed by atoms with Crippen LogP contribution < -0.4 is 11.1 Å². The summed E-state index contributed by atoms with van der Waals surface area (Å²) in [5.41, 5.74) is 5.29. The molecule has 3 N–H and O–H groups in total. The van der Waals surface area contributed by atoms with Crippen LogP contribution in [-0.2, 0) is 9.59 Å². The molecule has 4 nitrogen and oxygen atoms in total. The van der Waals surface area contributed by atoms with Crippen LogP contribution in [0.2, 0.25) is 0 Å². The number of amides is 2. The highest BCUT2D eigenvalue weighted by molar-refractivity contribution is 5.96. The highest BCUT2D eigenvalue weighted by Crippen LogP contribution is 2.34. The van der Waals surface area contributed by atoms with E-state index in [0.29, 0.717) is 12.8 Å². The number of rotatable bonds is 3. The zero-order valence-electron chi connectivity index (χ0n) is 7.89. The number of hydrogen-bond acceptors (Lipinski definition) is 2. The fraction of sp³-hybridized carbons (Fsp3) is 0.556. The Kier molecular flexibility index (Phi) is 2.40. The Morgan fingerprint density at radius 1 is 1.38 bits per heavy atom. The zero-order valence-corrected chi connectivity index (χ0v) is 7.89. The summed E-state index contributed by atoms with van der Waals surface area (Å²) in [4.78, 5) is 22.1. The molecule has 13 heavy (non-hydrogen) atoms. The zero-order chi connectivity index (χ0) is 10.1. The van der Waals surface area contributed by atoms with Crippen molar-refractivity contribution >= 4 is 11.8 Å². The van der Waals surface area contributed by atoms with E-state index in [-0.39, 0.29) is 5.91 Å². The number of nitrogens with one attached hydrogen (secondary N) is 1. The summed E-state index contributed by atoms with van der Waals surface area (Å²) in [6.45, 7) is 3.65. The number of nitrogens with two attached hydrogens (primary N) is 1. The fourth-order valence-corrected chi connectivity index (χ4v) is 1.09. The SMILES string of the molecule is CC(C)=CC(=O)NC1(C(N)=O)CC1. The minimum absolute atomic E-state index is 0.240. The molecule has 1 fully saturated rings. The van der Waals surface area contributed by atoms with Crippen molar-refractivity contribution in [3.05, 3.63) is 11.6 Å². The quantitative estimate of drug-likeness (QED) is 0.607. The van der Waals surface area contributed by atoms with Gasteiger partial charge in [-0.15, -0.1) is 0 Å². The number of allylic oxidation sites excluding steroid dienone is 1. The van der Waals surface area contributed by atoms with E-state index in [2.05, 4.69) is 5.32 Å². The summed E-state index contributed by atoms with van der Waals surface area (Å²) in [6, 6.07) is 0. The van der Waals surface area contributed by atoms with Gasteiger partial charge in [-0.2, -0.15) is 0 Å². The van der Waals surface area contributed by atoms with E-state index in [1.807, 2.05) is 13.8 Å². The van der Waals surface area contributed by atoms with E-state index in [1.165, 1.54) is 6.08 Å². The molecule has 0 aromatic rings. The molecule has 0 unspecified atom stereocenters. The minimum Gasteiger partial charge on any atom is -0.368 e. The average molecular weight is 182 g/mol. The van der Waals surface area contributed by atoms with Crippen molar-refractivity contribution in [2.75, 3.05) is 0 Å². The lowest BCUT2D eigenvalue weighted by molar-refractivity contribution is -0.126. The summed E-state index contributed by atoms with van der Waals surface area (Å²) in [7, 11) is 0. The smallest absolute Gasteiger partial charge is 0.244 e. The van der Waals surface area contributed by atoms with Crippen molar-refractivity contribution in [3.63, 3.8) is 0 Å². The molecule has 0 atom stereocenters. The third-order valence-electron chi connectivity index (χ3n) is 2.00. The molecule has 1 saturated carbocycles. The molecule has 1 rings (SSSR count). The average Bonchev–Trinajstić information content (AvgIpc) is 2.66. The first-order valence-electron chi connectivity index (χ1n) is 4.23. The van der Waals surface area contributed by atoms with Crippen LogP contribution in [0.3, 0.4) is 0 Å². The molecule has 0 heterocycles. The molecule has 4 heteroatoms. The Bertz CT molecular complexity index is 273. The lowest BCUT2D eigenvalue weighted by Crippen LogP contribution is -2.46. The second-order valence-electron chi connectivity index (χ2n) is 3.66. The molecule has 1 aliphatic rings. The predicted molar refractivity (Wildman–Crippen MR) is 48.7 cm³/mol.